The van der Waals surface area contributed by atoms with Crippen molar-refractivity contribution in [1.82, 2.24) is 0 Å². The largest absolute Gasteiger partial charge is 0.381 e. The minimum absolute atomic E-state index is 0.397. The van der Waals surface area contributed by atoms with Crippen molar-refractivity contribution in [2.75, 3.05) is 19.8 Å². The molecule has 1 saturated carbocycles. The molecule has 1 rings (SSSR count). The van der Waals surface area contributed by atoms with Gasteiger partial charge in [0.15, 0.2) is 0 Å². The Kier molecular flexibility index (Phi) is 3.34. The summed E-state index contributed by atoms with van der Waals surface area (Å²) in [7, 11) is 0. The zero-order chi connectivity index (χ0) is 8.16. The predicted octanol–water partition coefficient (Wildman–Crippen LogP) is 1.54. The van der Waals surface area contributed by atoms with E-state index in [9.17, 15) is 0 Å². The minimum atomic E-state index is 0.397. The number of hydrogen-bond donors (Lipinski definition) is 1. The van der Waals surface area contributed by atoms with Crippen molar-refractivity contribution in [3.8, 4) is 0 Å². The monoisotopic (exact) mass is 157 g/mol. The van der Waals surface area contributed by atoms with Gasteiger partial charge >= 0.3 is 0 Å². The molecule has 0 atom stereocenters. The Morgan fingerprint density at radius 2 is 2.18 bits per heavy atom. The molecule has 1 aliphatic carbocycles. The molecule has 0 heterocycles. The predicted molar refractivity (Wildman–Crippen MR) is 46.4 cm³/mol. The van der Waals surface area contributed by atoms with Crippen LogP contribution in [0, 0.1) is 5.41 Å². The SMILES string of the molecule is CCCCOCC1(CN)CC1. The molecular formula is C9H19NO. The summed E-state index contributed by atoms with van der Waals surface area (Å²) in [5.41, 5.74) is 6.00. The molecule has 0 amide bonds. The third kappa shape index (κ3) is 2.80. The highest BCUT2D eigenvalue weighted by molar-refractivity contribution is 4.93. The van der Waals surface area contributed by atoms with Crippen LogP contribution in [0.2, 0.25) is 0 Å². The normalized spacial score (nSPS) is 20.2. The molecule has 0 aromatic heterocycles. The Hall–Kier alpha value is -0.0800. The molecule has 0 saturated heterocycles. The fourth-order valence-corrected chi connectivity index (χ4v) is 1.12. The molecule has 2 heteroatoms. The van der Waals surface area contributed by atoms with Crippen molar-refractivity contribution < 1.29 is 4.74 Å². The smallest absolute Gasteiger partial charge is 0.0534 e. The third-order valence-corrected chi connectivity index (χ3v) is 2.44. The Bertz CT molecular complexity index is 110. The molecule has 1 fully saturated rings. The van der Waals surface area contributed by atoms with E-state index in [0.717, 1.165) is 19.8 Å². The van der Waals surface area contributed by atoms with E-state index in [2.05, 4.69) is 6.92 Å². The molecule has 0 aromatic carbocycles. The molecule has 0 radical (unpaired) electrons. The van der Waals surface area contributed by atoms with Gasteiger partial charge in [0.25, 0.3) is 0 Å². The highest BCUT2D eigenvalue weighted by Crippen LogP contribution is 2.44. The van der Waals surface area contributed by atoms with Gasteiger partial charge in [0.05, 0.1) is 6.61 Å². The maximum absolute atomic E-state index is 5.60. The van der Waals surface area contributed by atoms with E-state index in [4.69, 9.17) is 10.5 Å². The molecule has 0 aromatic rings. The quantitative estimate of drug-likeness (QED) is 0.594. The van der Waals surface area contributed by atoms with Gasteiger partial charge in [0.2, 0.25) is 0 Å². The zero-order valence-electron chi connectivity index (χ0n) is 7.44. The molecule has 2 nitrogen and oxygen atoms in total. The van der Waals surface area contributed by atoms with E-state index in [1.165, 1.54) is 25.7 Å². The van der Waals surface area contributed by atoms with Gasteiger partial charge < -0.3 is 10.5 Å². The number of ether oxygens (including phenoxy) is 1. The number of hydrogen-bond acceptors (Lipinski definition) is 2. The van der Waals surface area contributed by atoms with Crippen molar-refractivity contribution in [2.24, 2.45) is 11.1 Å². The van der Waals surface area contributed by atoms with Gasteiger partial charge in [0, 0.05) is 18.6 Å². The van der Waals surface area contributed by atoms with Crippen molar-refractivity contribution in [2.45, 2.75) is 32.6 Å². The van der Waals surface area contributed by atoms with Crippen molar-refractivity contribution in [1.29, 1.82) is 0 Å². The summed E-state index contributed by atoms with van der Waals surface area (Å²) in [6, 6.07) is 0. The van der Waals surface area contributed by atoms with Crippen LogP contribution in [0.3, 0.4) is 0 Å². The van der Waals surface area contributed by atoms with Crippen LogP contribution in [0.1, 0.15) is 32.6 Å². The molecule has 0 spiro atoms. The van der Waals surface area contributed by atoms with Gasteiger partial charge in [-0.1, -0.05) is 13.3 Å². The standard InChI is InChI=1S/C9H19NO/c1-2-3-6-11-8-9(7-10)4-5-9/h2-8,10H2,1H3. The average molecular weight is 157 g/mol. The summed E-state index contributed by atoms with van der Waals surface area (Å²) in [5.74, 6) is 0. The lowest BCUT2D eigenvalue weighted by Gasteiger charge is -2.11. The molecule has 11 heavy (non-hydrogen) atoms. The zero-order valence-corrected chi connectivity index (χ0v) is 7.44. The van der Waals surface area contributed by atoms with E-state index in [-0.39, 0.29) is 0 Å². The Morgan fingerprint density at radius 3 is 2.64 bits per heavy atom. The summed E-state index contributed by atoms with van der Waals surface area (Å²) >= 11 is 0. The van der Waals surface area contributed by atoms with Crippen molar-refractivity contribution >= 4 is 0 Å². The molecule has 0 aliphatic heterocycles. The first-order valence-corrected chi connectivity index (χ1v) is 4.61. The highest BCUT2D eigenvalue weighted by atomic mass is 16.5. The van der Waals surface area contributed by atoms with Gasteiger partial charge in [-0.15, -0.1) is 0 Å². The fourth-order valence-electron chi connectivity index (χ4n) is 1.12. The topological polar surface area (TPSA) is 35.2 Å². The Labute approximate surface area is 69.1 Å². The van der Waals surface area contributed by atoms with Gasteiger partial charge in [-0.3, -0.25) is 0 Å². The van der Waals surface area contributed by atoms with Crippen LogP contribution in [0.5, 0.6) is 0 Å². The van der Waals surface area contributed by atoms with E-state index < -0.39 is 0 Å². The summed E-state index contributed by atoms with van der Waals surface area (Å²) in [5, 5.41) is 0. The van der Waals surface area contributed by atoms with Crippen LogP contribution in [-0.2, 0) is 4.74 Å². The molecule has 2 N–H and O–H groups in total. The molecule has 66 valence electrons. The first kappa shape index (κ1) is 9.01. The maximum Gasteiger partial charge on any atom is 0.0534 e. The van der Waals surface area contributed by atoms with Crippen LogP contribution in [0.4, 0.5) is 0 Å². The second-order valence-electron chi connectivity index (χ2n) is 3.61. The minimum Gasteiger partial charge on any atom is -0.381 e. The van der Waals surface area contributed by atoms with Crippen molar-refractivity contribution in [3.05, 3.63) is 0 Å². The highest BCUT2D eigenvalue weighted by Gasteiger charge is 2.41. The van der Waals surface area contributed by atoms with E-state index in [1.54, 1.807) is 0 Å². The lowest BCUT2D eigenvalue weighted by molar-refractivity contribution is 0.0908. The van der Waals surface area contributed by atoms with Crippen molar-refractivity contribution in [3.63, 3.8) is 0 Å². The first-order valence-electron chi connectivity index (χ1n) is 4.61. The Balaban J connectivity index is 1.94. The molecular weight excluding hydrogens is 138 g/mol. The molecule has 0 bridgehead atoms. The van der Waals surface area contributed by atoms with Crippen LogP contribution in [0.25, 0.3) is 0 Å². The number of nitrogens with two attached hydrogens (primary N) is 1. The summed E-state index contributed by atoms with van der Waals surface area (Å²) in [4.78, 5) is 0. The van der Waals surface area contributed by atoms with Gasteiger partial charge in [0.1, 0.15) is 0 Å². The second-order valence-corrected chi connectivity index (χ2v) is 3.61. The first-order chi connectivity index (χ1) is 5.33. The lowest BCUT2D eigenvalue weighted by atomic mass is 10.1. The van der Waals surface area contributed by atoms with Gasteiger partial charge in [-0.05, 0) is 19.3 Å². The Morgan fingerprint density at radius 1 is 1.45 bits per heavy atom. The van der Waals surface area contributed by atoms with E-state index >= 15 is 0 Å². The number of rotatable bonds is 6. The summed E-state index contributed by atoms with van der Waals surface area (Å²) in [6.45, 7) is 4.79. The summed E-state index contributed by atoms with van der Waals surface area (Å²) < 4.78 is 5.51. The van der Waals surface area contributed by atoms with Crippen LogP contribution >= 0.6 is 0 Å². The van der Waals surface area contributed by atoms with Gasteiger partial charge in [-0.25, -0.2) is 0 Å². The number of unbranched alkanes of at least 4 members (excludes halogenated alkanes) is 1. The van der Waals surface area contributed by atoms with Gasteiger partial charge in [-0.2, -0.15) is 0 Å². The average Bonchev–Trinajstić information content (AvgIpc) is 2.80. The molecule has 0 unspecified atom stereocenters. The summed E-state index contributed by atoms with van der Waals surface area (Å²) in [6.07, 6.45) is 4.95. The molecule has 1 aliphatic rings. The van der Waals surface area contributed by atoms with Crippen LogP contribution in [-0.4, -0.2) is 19.8 Å². The van der Waals surface area contributed by atoms with E-state index in [1.807, 2.05) is 0 Å². The van der Waals surface area contributed by atoms with Crippen LogP contribution in [0.15, 0.2) is 0 Å². The maximum atomic E-state index is 5.60. The lowest BCUT2D eigenvalue weighted by Crippen LogP contribution is -2.21. The second kappa shape index (κ2) is 4.07. The third-order valence-electron chi connectivity index (χ3n) is 2.44. The van der Waals surface area contributed by atoms with E-state index in [0.29, 0.717) is 5.41 Å². The fraction of sp³-hybridized carbons (Fsp3) is 1.00. The van der Waals surface area contributed by atoms with Crippen LogP contribution < -0.4 is 5.73 Å².